The van der Waals surface area contributed by atoms with E-state index in [1.165, 1.54) is 12.8 Å². The summed E-state index contributed by atoms with van der Waals surface area (Å²) in [6, 6.07) is 18.1. The molecule has 0 spiro atoms. The van der Waals surface area contributed by atoms with Crippen LogP contribution >= 0.6 is 0 Å². The lowest BCUT2D eigenvalue weighted by atomic mass is 9.96. The first-order valence-corrected chi connectivity index (χ1v) is 10.1. The van der Waals surface area contributed by atoms with Gasteiger partial charge in [0.1, 0.15) is 0 Å². The Morgan fingerprint density at radius 3 is 2.52 bits per heavy atom. The van der Waals surface area contributed by atoms with Crippen LogP contribution in [0, 0.1) is 0 Å². The Hall–Kier alpha value is -3.28. The van der Waals surface area contributed by atoms with Crippen molar-refractivity contribution >= 4 is 17.5 Å². The SMILES string of the molecule is O=C1Cc2ccccc2C(c2ccccc2)=N[C@@H]1Nc1nnc(C2CCCC2)o1. The number of benzene rings is 2. The van der Waals surface area contributed by atoms with Crippen LogP contribution < -0.4 is 5.32 Å². The van der Waals surface area contributed by atoms with Gasteiger partial charge in [-0.1, -0.05) is 72.5 Å². The van der Waals surface area contributed by atoms with Gasteiger partial charge in [0.2, 0.25) is 5.89 Å². The van der Waals surface area contributed by atoms with E-state index in [0.717, 1.165) is 35.2 Å². The Balaban J connectivity index is 1.49. The standard InChI is InChI=1S/C23H22N4O2/c28-19-14-17-12-6-7-13-18(17)20(15-8-2-1-3-9-15)24-21(19)25-23-27-26-22(29-23)16-10-4-5-11-16/h1-3,6-9,12-13,16,21H,4-5,10-11,14H2,(H,25,27)/t21-/m1/s1. The van der Waals surface area contributed by atoms with Gasteiger partial charge in [0.25, 0.3) is 0 Å². The zero-order chi connectivity index (χ0) is 19.6. The third-order valence-corrected chi connectivity index (χ3v) is 5.65. The van der Waals surface area contributed by atoms with E-state index in [9.17, 15) is 4.79 Å². The Morgan fingerprint density at radius 2 is 1.69 bits per heavy atom. The van der Waals surface area contributed by atoms with Crippen molar-refractivity contribution in [1.82, 2.24) is 10.2 Å². The molecule has 0 unspecified atom stereocenters. The van der Waals surface area contributed by atoms with E-state index in [4.69, 9.17) is 9.41 Å². The molecule has 29 heavy (non-hydrogen) atoms. The molecule has 2 heterocycles. The zero-order valence-electron chi connectivity index (χ0n) is 16.0. The summed E-state index contributed by atoms with van der Waals surface area (Å²) < 4.78 is 5.82. The lowest BCUT2D eigenvalue weighted by Crippen LogP contribution is -2.29. The molecule has 3 aromatic rings. The molecule has 0 saturated heterocycles. The fraction of sp³-hybridized carbons (Fsp3) is 0.304. The first-order chi connectivity index (χ1) is 14.3. The zero-order valence-corrected chi connectivity index (χ0v) is 16.0. The van der Waals surface area contributed by atoms with Crippen molar-refractivity contribution in [3.8, 4) is 0 Å². The monoisotopic (exact) mass is 386 g/mol. The smallest absolute Gasteiger partial charge is 0.317 e. The maximum absolute atomic E-state index is 13.0. The number of ketones is 1. The van der Waals surface area contributed by atoms with Crippen molar-refractivity contribution in [1.29, 1.82) is 0 Å². The number of rotatable bonds is 4. The van der Waals surface area contributed by atoms with E-state index in [1.807, 2.05) is 54.6 Å². The van der Waals surface area contributed by atoms with Crippen LogP contribution in [0.3, 0.4) is 0 Å². The summed E-state index contributed by atoms with van der Waals surface area (Å²) in [5.41, 5.74) is 3.72. The van der Waals surface area contributed by atoms with Crippen LogP contribution in [0.5, 0.6) is 0 Å². The number of aromatic nitrogens is 2. The summed E-state index contributed by atoms with van der Waals surface area (Å²) in [6.07, 6.45) is 4.08. The van der Waals surface area contributed by atoms with Gasteiger partial charge in [0.05, 0.1) is 5.71 Å². The summed E-state index contributed by atoms with van der Waals surface area (Å²) in [5, 5.41) is 11.4. The highest BCUT2D eigenvalue weighted by molar-refractivity contribution is 6.16. The number of nitrogens with zero attached hydrogens (tertiary/aromatic N) is 3. The van der Waals surface area contributed by atoms with E-state index in [0.29, 0.717) is 18.2 Å². The van der Waals surface area contributed by atoms with Crippen molar-refractivity contribution in [3.63, 3.8) is 0 Å². The number of hydrogen-bond acceptors (Lipinski definition) is 6. The largest absolute Gasteiger partial charge is 0.408 e. The van der Waals surface area contributed by atoms with Crippen LogP contribution in [0.2, 0.25) is 0 Å². The number of fused-ring (bicyclic) bond motifs is 1. The molecule has 5 rings (SSSR count). The van der Waals surface area contributed by atoms with Crippen molar-refractivity contribution in [2.75, 3.05) is 5.32 Å². The van der Waals surface area contributed by atoms with Gasteiger partial charge in [-0.2, -0.15) is 0 Å². The molecule has 146 valence electrons. The number of carbonyl (C=O) groups is 1. The predicted octanol–water partition coefficient (Wildman–Crippen LogP) is 4.13. The molecule has 2 aliphatic rings. The molecular formula is C23H22N4O2. The van der Waals surface area contributed by atoms with Crippen LogP contribution in [0.15, 0.2) is 64.0 Å². The molecule has 6 nitrogen and oxygen atoms in total. The van der Waals surface area contributed by atoms with Gasteiger partial charge in [-0.25, -0.2) is 0 Å². The second kappa shape index (κ2) is 7.62. The maximum Gasteiger partial charge on any atom is 0.317 e. The summed E-state index contributed by atoms with van der Waals surface area (Å²) in [7, 11) is 0. The Labute approximate surface area is 169 Å². The van der Waals surface area contributed by atoms with Crippen LogP contribution in [0.1, 0.15) is 54.2 Å². The third kappa shape index (κ3) is 3.58. The van der Waals surface area contributed by atoms with Crippen LogP contribution in [-0.2, 0) is 11.2 Å². The van der Waals surface area contributed by atoms with Crippen LogP contribution in [0.4, 0.5) is 6.01 Å². The molecule has 1 atom stereocenters. The first kappa shape index (κ1) is 17.8. The molecule has 1 saturated carbocycles. The minimum atomic E-state index is -0.769. The molecule has 1 aliphatic heterocycles. The Bertz CT molecular complexity index is 1050. The van der Waals surface area contributed by atoms with Crippen molar-refractivity contribution in [2.45, 2.75) is 44.2 Å². The lowest BCUT2D eigenvalue weighted by Gasteiger charge is -2.12. The van der Waals surface area contributed by atoms with Gasteiger partial charge in [0, 0.05) is 23.5 Å². The van der Waals surface area contributed by atoms with Crippen LogP contribution in [-0.4, -0.2) is 27.9 Å². The first-order valence-electron chi connectivity index (χ1n) is 10.1. The van der Waals surface area contributed by atoms with Gasteiger partial charge in [-0.3, -0.25) is 9.79 Å². The molecule has 1 fully saturated rings. The maximum atomic E-state index is 13.0. The number of nitrogens with one attached hydrogen (secondary N) is 1. The predicted molar refractivity (Wildman–Crippen MR) is 110 cm³/mol. The quantitative estimate of drug-likeness (QED) is 0.729. The van der Waals surface area contributed by atoms with E-state index in [-0.39, 0.29) is 11.8 Å². The van der Waals surface area contributed by atoms with Crippen molar-refractivity contribution in [3.05, 3.63) is 77.2 Å². The fourth-order valence-corrected chi connectivity index (χ4v) is 4.15. The number of aliphatic imine (C=N–C) groups is 1. The normalized spacial score (nSPS) is 19.5. The highest BCUT2D eigenvalue weighted by atomic mass is 16.4. The molecule has 2 aromatic carbocycles. The number of Topliss-reactive ketones (excluding diaryl/α,β-unsaturated/α-hetero) is 1. The van der Waals surface area contributed by atoms with E-state index >= 15 is 0 Å². The molecule has 0 radical (unpaired) electrons. The average molecular weight is 386 g/mol. The molecule has 1 aromatic heterocycles. The van der Waals surface area contributed by atoms with Gasteiger partial charge >= 0.3 is 6.01 Å². The number of anilines is 1. The van der Waals surface area contributed by atoms with Gasteiger partial charge in [-0.05, 0) is 18.4 Å². The Kier molecular flexibility index (Phi) is 4.68. The van der Waals surface area contributed by atoms with Crippen molar-refractivity contribution in [2.24, 2.45) is 4.99 Å². The molecule has 0 amide bonds. The average Bonchev–Trinajstić information content (AvgIpc) is 3.42. The van der Waals surface area contributed by atoms with E-state index < -0.39 is 6.17 Å². The highest BCUT2D eigenvalue weighted by Gasteiger charge is 2.28. The topological polar surface area (TPSA) is 80.4 Å². The highest BCUT2D eigenvalue weighted by Crippen LogP contribution is 2.34. The van der Waals surface area contributed by atoms with E-state index in [2.05, 4.69) is 15.5 Å². The number of carbonyl (C=O) groups excluding carboxylic acids is 1. The minimum Gasteiger partial charge on any atom is -0.408 e. The summed E-state index contributed by atoms with van der Waals surface area (Å²) in [5.74, 6) is 0.959. The molecular weight excluding hydrogens is 364 g/mol. The van der Waals surface area contributed by atoms with Crippen molar-refractivity contribution < 1.29 is 9.21 Å². The minimum absolute atomic E-state index is 0.0241. The fourth-order valence-electron chi connectivity index (χ4n) is 4.15. The third-order valence-electron chi connectivity index (χ3n) is 5.65. The Morgan fingerprint density at radius 1 is 0.931 bits per heavy atom. The second-order valence-electron chi connectivity index (χ2n) is 7.62. The number of hydrogen-bond donors (Lipinski definition) is 1. The summed E-state index contributed by atoms with van der Waals surface area (Å²) >= 11 is 0. The van der Waals surface area contributed by atoms with Crippen LogP contribution in [0.25, 0.3) is 0 Å². The van der Waals surface area contributed by atoms with Gasteiger partial charge in [0.15, 0.2) is 11.9 Å². The molecule has 1 aliphatic carbocycles. The lowest BCUT2D eigenvalue weighted by molar-refractivity contribution is -0.119. The molecule has 1 N–H and O–H groups in total. The molecule has 0 bridgehead atoms. The van der Waals surface area contributed by atoms with Gasteiger partial charge in [-0.15, -0.1) is 5.10 Å². The second-order valence-corrected chi connectivity index (χ2v) is 7.62. The summed E-state index contributed by atoms with van der Waals surface area (Å²) in [4.78, 5) is 17.8. The van der Waals surface area contributed by atoms with E-state index in [1.54, 1.807) is 0 Å². The molecule has 6 heteroatoms. The summed E-state index contributed by atoms with van der Waals surface area (Å²) in [6.45, 7) is 0. The van der Waals surface area contributed by atoms with Gasteiger partial charge < -0.3 is 9.73 Å².